The van der Waals surface area contributed by atoms with Gasteiger partial charge < -0.3 is 0 Å². The first-order valence-electron chi connectivity index (χ1n) is 4.50. The van der Waals surface area contributed by atoms with Crippen LogP contribution < -0.4 is 0 Å². The minimum atomic E-state index is 0.668. The second-order valence-corrected chi connectivity index (χ2v) is 3.39. The molecule has 0 atom stereocenters. The van der Waals surface area contributed by atoms with Gasteiger partial charge in [-0.3, -0.25) is 0 Å². The van der Waals surface area contributed by atoms with Gasteiger partial charge in [0.15, 0.2) is 0 Å². The van der Waals surface area contributed by atoms with Crippen molar-refractivity contribution in [3.63, 3.8) is 0 Å². The van der Waals surface area contributed by atoms with Gasteiger partial charge in [-0.2, -0.15) is 0 Å². The van der Waals surface area contributed by atoms with Crippen molar-refractivity contribution in [1.29, 1.82) is 0 Å². The van der Waals surface area contributed by atoms with Crippen LogP contribution in [0.2, 0.25) is 0 Å². The molecule has 0 unspecified atom stereocenters. The Morgan fingerprint density at radius 2 is 2.07 bits per heavy atom. The third kappa shape index (κ3) is 3.90. The third-order valence-corrected chi connectivity index (χ3v) is 2.26. The molecule has 0 aromatic heterocycles. The van der Waals surface area contributed by atoms with Crippen molar-refractivity contribution in [3.05, 3.63) is 35.9 Å². The van der Waals surface area contributed by atoms with Gasteiger partial charge >= 0.3 is 92.8 Å². The molecule has 0 aliphatic heterocycles. The molecule has 0 aliphatic rings. The van der Waals surface area contributed by atoms with E-state index in [9.17, 15) is 0 Å². The average molecular weight is 224 g/mol. The predicted molar refractivity (Wildman–Crippen MR) is 54.6 cm³/mol. The summed E-state index contributed by atoms with van der Waals surface area (Å²) in [4.78, 5) is 0. The summed E-state index contributed by atoms with van der Waals surface area (Å²) < 4.78 is 6.33. The van der Waals surface area contributed by atoms with Crippen LogP contribution in [0.4, 0.5) is 0 Å². The standard InChI is InChI=1S/C12H12O.Cr/c1-2-3-7-10-13-11-12-8-5-4-6-9-12;/h1,4-6,8-9H,3,7,10H2;. The normalized spacial score (nSPS) is 9.36. The first-order chi connectivity index (χ1) is 6.84. The Hall–Kier alpha value is -0.858. The molecule has 14 heavy (non-hydrogen) atoms. The number of unbranched alkanes of at least 4 members (excludes halogenated alkanes) is 1. The first kappa shape index (κ1) is 11.2. The SMILES string of the molecule is C#CCCCO[C](=[Cr])c1ccccc1. The Labute approximate surface area is 93.1 Å². The zero-order valence-corrected chi connectivity index (χ0v) is 9.18. The van der Waals surface area contributed by atoms with Crippen LogP contribution in [0.5, 0.6) is 0 Å². The van der Waals surface area contributed by atoms with E-state index in [2.05, 4.69) is 21.8 Å². The molecule has 1 aromatic carbocycles. The number of hydrogen-bond donors (Lipinski definition) is 0. The second kappa shape index (κ2) is 6.57. The summed E-state index contributed by atoms with van der Waals surface area (Å²) in [5.41, 5.74) is 1.08. The van der Waals surface area contributed by atoms with Gasteiger partial charge in [0.2, 0.25) is 0 Å². The zero-order valence-electron chi connectivity index (χ0n) is 7.90. The molecular formula is C12H12CrO. The molecule has 0 radical (unpaired) electrons. The van der Waals surface area contributed by atoms with Crippen molar-refractivity contribution < 1.29 is 20.6 Å². The van der Waals surface area contributed by atoms with Crippen molar-refractivity contribution in [3.8, 4) is 12.3 Å². The topological polar surface area (TPSA) is 9.23 Å². The third-order valence-electron chi connectivity index (χ3n) is 1.71. The minimum absolute atomic E-state index is 0.668. The summed E-state index contributed by atoms with van der Waals surface area (Å²) in [5, 5.41) is 0. The molecule has 0 amide bonds. The molecule has 1 nitrogen and oxygen atoms in total. The van der Waals surface area contributed by atoms with Crippen LogP contribution in [-0.4, -0.2) is 11.2 Å². The maximum absolute atomic E-state index is 5.50. The van der Waals surface area contributed by atoms with Crippen molar-refractivity contribution in [2.75, 3.05) is 6.61 Å². The van der Waals surface area contributed by atoms with Gasteiger partial charge in [0.25, 0.3) is 0 Å². The van der Waals surface area contributed by atoms with Crippen molar-refractivity contribution in [1.82, 2.24) is 0 Å². The van der Waals surface area contributed by atoms with E-state index in [1.807, 2.05) is 30.3 Å². The van der Waals surface area contributed by atoms with Gasteiger partial charge in [-0.15, -0.1) is 0 Å². The molecule has 0 saturated carbocycles. The molecule has 0 bridgehead atoms. The monoisotopic (exact) mass is 224 g/mol. The molecule has 2 heteroatoms. The van der Waals surface area contributed by atoms with E-state index >= 15 is 0 Å². The zero-order chi connectivity index (χ0) is 10.2. The molecule has 0 heterocycles. The Morgan fingerprint density at radius 1 is 1.36 bits per heavy atom. The number of benzene rings is 1. The van der Waals surface area contributed by atoms with Crippen LogP contribution in [0.25, 0.3) is 0 Å². The van der Waals surface area contributed by atoms with Crippen LogP contribution in [0.1, 0.15) is 18.4 Å². The molecule has 0 spiro atoms. The van der Waals surface area contributed by atoms with Crippen LogP contribution in [0.15, 0.2) is 30.3 Å². The van der Waals surface area contributed by atoms with Crippen molar-refractivity contribution in [2.24, 2.45) is 0 Å². The van der Waals surface area contributed by atoms with Gasteiger partial charge in [-0.1, -0.05) is 0 Å². The molecule has 0 aliphatic carbocycles. The van der Waals surface area contributed by atoms with Crippen LogP contribution >= 0.6 is 0 Å². The first-order valence-corrected chi connectivity index (χ1v) is 5.14. The molecule has 1 aromatic rings. The summed E-state index contributed by atoms with van der Waals surface area (Å²) in [7, 11) is 0. The number of rotatable bonds is 5. The van der Waals surface area contributed by atoms with E-state index in [1.54, 1.807) is 0 Å². The summed E-state index contributed by atoms with van der Waals surface area (Å²) in [6, 6.07) is 9.96. The Bertz CT molecular complexity index is 324. The quantitative estimate of drug-likeness (QED) is 0.550. The summed E-state index contributed by atoms with van der Waals surface area (Å²) >= 11 is 2.91. The van der Waals surface area contributed by atoms with Crippen molar-refractivity contribution >= 4 is 4.57 Å². The Morgan fingerprint density at radius 3 is 2.71 bits per heavy atom. The van der Waals surface area contributed by atoms with E-state index in [0.717, 1.165) is 23.0 Å². The maximum atomic E-state index is 5.50. The van der Waals surface area contributed by atoms with Gasteiger partial charge in [-0.25, -0.2) is 0 Å². The summed E-state index contributed by atoms with van der Waals surface area (Å²) in [6.07, 6.45) is 6.80. The molecular weight excluding hydrogens is 212 g/mol. The molecule has 0 saturated heterocycles. The van der Waals surface area contributed by atoms with Gasteiger partial charge in [0.1, 0.15) is 0 Å². The second-order valence-electron chi connectivity index (χ2n) is 2.81. The van der Waals surface area contributed by atoms with Gasteiger partial charge in [0.05, 0.1) is 0 Å². The predicted octanol–water partition coefficient (Wildman–Crippen LogP) is 2.14. The van der Waals surface area contributed by atoms with E-state index in [0.29, 0.717) is 6.61 Å². The molecule has 1 rings (SSSR count). The van der Waals surface area contributed by atoms with E-state index < -0.39 is 0 Å². The molecule has 0 N–H and O–H groups in total. The average Bonchev–Trinajstić information content (AvgIpc) is 2.25. The molecule has 72 valence electrons. The van der Waals surface area contributed by atoms with Gasteiger partial charge in [0, 0.05) is 0 Å². The van der Waals surface area contributed by atoms with Gasteiger partial charge in [-0.05, 0) is 0 Å². The van der Waals surface area contributed by atoms with Crippen LogP contribution in [-0.2, 0) is 20.6 Å². The molecule has 0 fully saturated rings. The van der Waals surface area contributed by atoms with E-state index in [1.165, 1.54) is 0 Å². The van der Waals surface area contributed by atoms with E-state index in [4.69, 9.17) is 11.2 Å². The summed E-state index contributed by atoms with van der Waals surface area (Å²) in [6.45, 7) is 0.668. The fourth-order valence-electron chi connectivity index (χ4n) is 0.997. The van der Waals surface area contributed by atoms with Crippen molar-refractivity contribution in [2.45, 2.75) is 12.8 Å². The summed E-state index contributed by atoms with van der Waals surface area (Å²) in [5.74, 6) is 2.58. The number of hydrogen-bond acceptors (Lipinski definition) is 1. The fraction of sp³-hybridized carbons (Fsp3) is 0.250. The number of ether oxygens (including phenoxy) is 1. The Kier molecular flexibility index (Phi) is 5.27. The fourth-order valence-corrected chi connectivity index (χ4v) is 1.34. The van der Waals surface area contributed by atoms with E-state index in [-0.39, 0.29) is 0 Å². The van der Waals surface area contributed by atoms with Crippen LogP contribution in [0, 0.1) is 12.3 Å². The number of terminal acetylenes is 1. The Balaban J connectivity index is 2.33. The van der Waals surface area contributed by atoms with Crippen LogP contribution in [0.3, 0.4) is 0 Å².